The molecule has 0 saturated heterocycles. The third-order valence-corrected chi connectivity index (χ3v) is 1.69. The topological polar surface area (TPSA) is 21.6 Å². The van der Waals surface area contributed by atoms with Crippen molar-refractivity contribution in [3.63, 3.8) is 0 Å². The fourth-order valence-corrected chi connectivity index (χ4v) is 0.943. The summed E-state index contributed by atoms with van der Waals surface area (Å²) in [5.74, 6) is 0. The predicted molar refractivity (Wildman–Crippen MR) is 57.9 cm³/mol. The molecule has 0 N–H and O–H groups in total. The van der Waals surface area contributed by atoms with Crippen LogP contribution >= 0.6 is 0 Å². The summed E-state index contributed by atoms with van der Waals surface area (Å²) in [5.41, 5.74) is 1.20. The fourth-order valence-electron chi connectivity index (χ4n) is 0.943. The molecule has 2 heteroatoms. The van der Waals surface area contributed by atoms with E-state index in [0.29, 0.717) is 0 Å². The van der Waals surface area contributed by atoms with Gasteiger partial charge in [-0.2, -0.15) is 0 Å². The maximum absolute atomic E-state index is 4.81. The molecule has 0 fully saturated rings. The van der Waals surface area contributed by atoms with E-state index in [9.17, 15) is 0 Å². The van der Waals surface area contributed by atoms with Crippen LogP contribution in [0.25, 0.3) is 0 Å². The molecular formula is C11H21NO. The van der Waals surface area contributed by atoms with Gasteiger partial charge in [-0.15, -0.1) is 0 Å². The second-order valence-electron chi connectivity index (χ2n) is 4.10. The Hall–Kier alpha value is -0.790. The number of hydrogen-bond donors (Lipinski definition) is 0. The van der Waals surface area contributed by atoms with Crippen molar-refractivity contribution in [2.45, 2.75) is 40.5 Å². The minimum atomic E-state index is 0.101. The highest BCUT2D eigenvalue weighted by Gasteiger charge is 2.15. The first-order valence-electron chi connectivity index (χ1n) is 4.78. The van der Waals surface area contributed by atoms with E-state index in [4.69, 9.17) is 4.74 Å². The third-order valence-electron chi connectivity index (χ3n) is 1.69. The Morgan fingerprint density at radius 2 is 2.00 bits per heavy atom. The second kappa shape index (κ2) is 5.79. The zero-order valence-electron chi connectivity index (χ0n) is 9.42. The lowest BCUT2D eigenvalue weighted by molar-refractivity contribution is 0.417. The van der Waals surface area contributed by atoms with Crippen LogP contribution in [0.4, 0.5) is 0 Å². The molecule has 13 heavy (non-hydrogen) atoms. The van der Waals surface area contributed by atoms with Crippen molar-refractivity contribution >= 4 is 6.40 Å². The number of allylic oxidation sites excluding steroid dienone is 2. The monoisotopic (exact) mass is 183 g/mol. The van der Waals surface area contributed by atoms with Gasteiger partial charge in [-0.1, -0.05) is 40.2 Å². The van der Waals surface area contributed by atoms with Crippen molar-refractivity contribution in [3.05, 3.63) is 11.8 Å². The average Bonchev–Trinajstić information content (AvgIpc) is 2.02. The van der Waals surface area contributed by atoms with Crippen LogP contribution in [0.2, 0.25) is 0 Å². The zero-order chi connectivity index (χ0) is 10.3. The van der Waals surface area contributed by atoms with E-state index >= 15 is 0 Å². The summed E-state index contributed by atoms with van der Waals surface area (Å²) in [7, 11) is 1.61. The summed E-state index contributed by atoms with van der Waals surface area (Å²) in [5, 5.41) is 0. The number of aliphatic imine (C=N–C) groups is 1. The van der Waals surface area contributed by atoms with Crippen LogP contribution in [0, 0.1) is 5.41 Å². The summed E-state index contributed by atoms with van der Waals surface area (Å²) in [6.07, 6.45) is 5.90. The van der Waals surface area contributed by atoms with Crippen molar-refractivity contribution < 1.29 is 4.74 Å². The van der Waals surface area contributed by atoms with E-state index < -0.39 is 0 Å². The maximum atomic E-state index is 4.81. The van der Waals surface area contributed by atoms with Gasteiger partial charge in [0.25, 0.3) is 0 Å². The van der Waals surface area contributed by atoms with Gasteiger partial charge in [0.2, 0.25) is 0 Å². The first kappa shape index (κ1) is 12.2. The van der Waals surface area contributed by atoms with Crippen LogP contribution in [-0.2, 0) is 4.74 Å². The number of ether oxygens (including phenoxy) is 1. The SMILES string of the molecule is CCC/C=C(/N=COC)C(C)(C)C. The van der Waals surface area contributed by atoms with E-state index in [1.165, 1.54) is 6.40 Å². The highest BCUT2D eigenvalue weighted by molar-refractivity contribution is 5.49. The zero-order valence-corrected chi connectivity index (χ0v) is 9.42. The molecule has 0 aromatic rings. The van der Waals surface area contributed by atoms with Gasteiger partial charge in [-0.05, 0) is 6.42 Å². The summed E-state index contributed by atoms with van der Waals surface area (Å²) >= 11 is 0. The Bertz CT molecular complexity index is 187. The van der Waals surface area contributed by atoms with E-state index in [1.807, 2.05) is 0 Å². The largest absolute Gasteiger partial charge is 0.486 e. The lowest BCUT2D eigenvalue weighted by Gasteiger charge is -2.18. The van der Waals surface area contributed by atoms with E-state index in [1.54, 1.807) is 7.11 Å². The molecule has 0 aliphatic rings. The van der Waals surface area contributed by atoms with Crippen molar-refractivity contribution in [3.8, 4) is 0 Å². The molecule has 0 aromatic heterocycles. The molecule has 0 unspecified atom stereocenters. The molecule has 0 heterocycles. The van der Waals surface area contributed by atoms with Crippen LogP contribution in [-0.4, -0.2) is 13.5 Å². The van der Waals surface area contributed by atoms with Gasteiger partial charge >= 0.3 is 0 Å². The molecule has 0 atom stereocenters. The van der Waals surface area contributed by atoms with Crippen molar-refractivity contribution in [1.29, 1.82) is 0 Å². The molecule has 76 valence electrons. The fraction of sp³-hybridized carbons (Fsp3) is 0.727. The quantitative estimate of drug-likeness (QED) is 0.483. The molecule has 0 amide bonds. The molecule has 0 saturated carbocycles. The number of hydrogen-bond acceptors (Lipinski definition) is 2. The summed E-state index contributed by atoms with van der Waals surface area (Å²) in [4.78, 5) is 4.26. The van der Waals surface area contributed by atoms with Crippen LogP contribution in [0.3, 0.4) is 0 Å². The normalized spacial score (nSPS) is 13.8. The first-order valence-corrected chi connectivity index (χ1v) is 4.78. The van der Waals surface area contributed by atoms with Crippen molar-refractivity contribution in [1.82, 2.24) is 0 Å². The number of methoxy groups -OCH3 is 1. The molecule has 0 bridgehead atoms. The molecule has 2 nitrogen and oxygen atoms in total. The Kier molecular flexibility index (Phi) is 5.44. The molecule has 0 aliphatic heterocycles. The predicted octanol–water partition coefficient (Wildman–Crippen LogP) is 3.39. The Balaban J connectivity index is 4.46. The summed E-state index contributed by atoms with van der Waals surface area (Å²) < 4.78 is 4.81. The van der Waals surface area contributed by atoms with E-state index in [2.05, 4.69) is 38.8 Å². The van der Waals surface area contributed by atoms with Gasteiger partial charge in [-0.25, -0.2) is 4.99 Å². The van der Waals surface area contributed by atoms with E-state index in [-0.39, 0.29) is 5.41 Å². The summed E-state index contributed by atoms with van der Waals surface area (Å²) in [6.45, 7) is 8.63. The highest BCUT2D eigenvalue weighted by Crippen LogP contribution is 2.26. The maximum Gasteiger partial charge on any atom is 0.173 e. The third kappa shape index (κ3) is 5.45. The minimum absolute atomic E-state index is 0.101. The van der Waals surface area contributed by atoms with Crippen LogP contribution in [0.15, 0.2) is 16.8 Å². The minimum Gasteiger partial charge on any atom is -0.486 e. The van der Waals surface area contributed by atoms with Crippen molar-refractivity contribution in [2.75, 3.05) is 7.11 Å². The van der Waals surface area contributed by atoms with Gasteiger partial charge in [-0.3, -0.25) is 0 Å². The van der Waals surface area contributed by atoms with Gasteiger partial charge < -0.3 is 4.74 Å². The highest BCUT2D eigenvalue weighted by atomic mass is 16.5. The molecule has 0 spiro atoms. The standard InChI is InChI=1S/C11H21NO/c1-6-7-8-10(11(2,3)4)12-9-13-5/h8-9H,6-7H2,1-5H3/b10-8+,12-9?. The smallest absolute Gasteiger partial charge is 0.173 e. The first-order chi connectivity index (χ1) is 6.02. The molecule has 0 rings (SSSR count). The van der Waals surface area contributed by atoms with Gasteiger partial charge in [0, 0.05) is 11.1 Å². The second-order valence-corrected chi connectivity index (χ2v) is 4.10. The van der Waals surface area contributed by atoms with E-state index in [0.717, 1.165) is 18.5 Å². The molecule has 0 aromatic carbocycles. The molecule has 0 radical (unpaired) electrons. The van der Waals surface area contributed by atoms with Crippen LogP contribution in [0.5, 0.6) is 0 Å². The van der Waals surface area contributed by atoms with Gasteiger partial charge in [0.05, 0.1) is 7.11 Å². The van der Waals surface area contributed by atoms with Crippen molar-refractivity contribution in [2.24, 2.45) is 10.4 Å². The van der Waals surface area contributed by atoms with Gasteiger partial charge in [0.1, 0.15) is 0 Å². The Morgan fingerprint density at radius 1 is 1.38 bits per heavy atom. The lowest BCUT2D eigenvalue weighted by atomic mass is 9.91. The Morgan fingerprint density at radius 3 is 2.38 bits per heavy atom. The number of rotatable bonds is 4. The Labute approximate surface area is 81.7 Å². The lowest BCUT2D eigenvalue weighted by Crippen LogP contribution is -2.08. The molecule has 0 aliphatic carbocycles. The van der Waals surface area contributed by atoms with Gasteiger partial charge in [0.15, 0.2) is 6.40 Å². The summed E-state index contributed by atoms with van der Waals surface area (Å²) in [6, 6.07) is 0. The number of unbranched alkanes of at least 4 members (excludes halogenated alkanes) is 1. The van der Waals surface area contributed by atoms with Crippen LogP contribution in [0.1, 0.15) is 40.5 Å². The number of nitrogens with zero attached hydrogens (tertiary/aromatic N) is 1. The average molecular weight is 183 g/mol. The molecular weight excluding hydrogens is 162 g/mol. The van der Waals surface area contributed by atoms with Crippen LogP contribution < -0.4 is 0 Å².